The average molecular weight is 484 g/mol. The lowest BCUT2D eigenvalue weighted by atomic mass is 10.1. The molecule has 0 aliphatic rings. The van der Waals surface area contributed by atoms with Crippen molar-refractivity contribution in [2.75, 3.05) is 19.1 Å². The molecule has 0 N–H and O–H groups in total. The lowest BCUT2D eigenvalue weighted by molar-refractivity contribution is 0.0981. The number of halogens is 1. The molecule has 0 atom stereocenters. The molecule has 0 saturated carbocycles. The second-order valence-electron chi connectivity index (χ2n) is 6.39. The number of hydrogen-bond acceptors (Lipinski definition) is 6. The molecule has 1 amide bonds. The summed E-state index contributed by atoms with van der Waals surface area (Å²) in [6.45, 7) is 0.279. The Morgan fingerprint density at radius 2 is 1.97 bits per heavy atom. The summed E-state index contributed by atoms with van der Waals surface area (Å²) in [4.78, 5) is 24.4. The van der Waals surface area contributed by atoms with Crippen molar-refractivity contribution >= 4 is 48.5 Å². The zero-order valence-electron chi connectivity index (χ0n) is 16.3. The van der Waals surface area contributed by atoms with Crippen LogP contribution in [0.5, 0.6) is 11.5 Å². The minimum Gasteiger partial charge on any atom is -0.497 e. The summed E-state index contributed by atoms with van der Waals surface area (Å²) in [5.74, 6) is 0.801. The normalized spacial score (nSPS) is 10.8. The fraction of sp³-hybridized carbons (Fsp3) is 0.136. The molecule has 0 saturated heterocycles. The molecule has 0 bridgehead atoms. The van der Waals surface area contributed by atoms with Gasteiger partial charge in [-0.15, -0.1) is 0 Å². The second-order valence-corrected chi connectivity index (χ2v) is 8.31. The summed E-state index contributed by atoms with van der Waals surface area (Å²) in [6.07, 6.45) is 1.71. The van der Waals surface area contributed by atoms with E-state index in [0.29, 0.717) is 22.2 Å². The second kappa shape index (κ2) is 8.81. The van der Waals surface area contributed by atoms with Crippen LogP contribution in [-0.4, -0.2) is 30.1 Å². The van der Waals surface area contributed by atoms with Crippen molar-refractivity contribution in [1.29, 1.82) is 0 Å². The number of hydrogen-bond donors (Lipinski definition) is 0. The third-order valence-electron chi connectivity index (χ3n) is 4.50. The Kier molecular flexibility index (Phi) is 5.96. The van der Waals surface area contributed by atoms with Gasteiger partial charge in [0.05, 0.1) is 42.2 Å². The zero-order valence-corrected chi connectivity index (χ0v) is 18.7. The van der Waals surface area contributed by atoms with Gasteiger partial charge in [-0.1, -0.05) is 33.3 Å². The van der Waals surface area contributed by atoms with E-state index in [1.807, 2.05) is 36.4 Å². The minimum atomic E-state index is -0.241. The predicted octanol–water partition coefficient (Wildman–Crippen LogP) is 5.32. The van der Waals surface area contributed by atoms with Crippen LogP contribution in [0.3, 0.4) is 0 Å². The van der Waals surface area contributed by atoms with Gasteiger partial charge in [-0.05, 0) is 48.5 Å². The fourth-order valence-corrected chi connectivity index (χ4v) is 4.52. The van der Waals surface area contributed by atoms with Crippen molar-refractivity contribution in [1.82, 2.24) is 9.97 Å². The van der Waals surface area contributed by atoms with Gasteiger partial charge in [-0.2, -0.15) is 0 Å². The van der Waals surface area contributed by atoms with E-state index in [4.69, 9.17) is 14.5 Å². The average Bonchev–Trinajstić information content (AvgIpc) is 3.20. The smallest absolute Gasteiger partial charge is 0.264 e. The number of ether oxygens (including phenoxy) is 2. The topological polar surface area (TPSA) is 64.6 Å². The molecular weight excluding hydrogens is 466 g/mol. The van der Waals surface area contributed by atoms with Gasteiger partial charge in [-0.3, -0.25) is 14.7 Å². The summed E-state index contributed by atoms with van der Waals surface area (Å²) >= 11 is 4.94. The number of benzene rings is 2. The number of carbonyl (C=O) groups excluding carboxylic acids is 1. The van der Waals surface area contributed by atoms with Gasteiger partial charge in [0.2, 0.25) is 0 Å². The molecule has 152 valence electrons. The molecule has 30 heavy (non-hydrogen) atoms. The third kappa shape index (κ3) is 4.15. The van der Waals surface area contributed by atoms with Gasteiger partial charge in [0.1, 0.15) is 11.5 Å². The summed E-state index contributed by atoms with van der Waals surface area (Å²) in [5, 5.41) is 0.587. The lowest BCUT2D eigenvalue weighted by Crippen LogP contribution is -2.31. The zero-order chi connectivity index (χ0) is 21.1. The van der Waals surface area contributed by atoms with Crippen LogP contribution in [0.1, 0.15) is 16.1 Å². The van der Waals surface area contributed by atoms with E-state index in [1.54, 1.807) is 36.4 Å². The standard InChI is InChI=1S/C22H18BrN3O3S/c1-28-16-7-9-19(29-2)17(12-16)21(27)26(13-15-5-3-4-10-24-15)22-25-18-8-6-14(23)11-20(18)30-22/h3-12H,13H2,1-2H3. The maximum absolute atomic E-state index is 13.7. The maximum Gasteiger partial charge on any atom is 0.264 e. The van der Waals surface area contributed by atoms with Crippen LogP contribution in [0.2, 0.25) is 0 Å². The molecule has 2 aromatic carbocycles. The maximum atomic E-state index is 13.7. The monoisotopic (exact) mass is 483 g/mol. The SMILES string of the molecule is COc1ccc(OC)c(C(=O)N(Cc2ccccn2)c2nc3ccc(Br)cc3s2)c1. The molecular formula is C22H18BrN3O3S. The number of rotatable bonds is 6. The molecule has 0 spiro atoms. The first-order valence-electron chi connectivity index (χ1n) is 9.09. The van der Waals surface area contributed by atoms with Gasteiger partial charge in [0.15, 0.2) is 5.13 Å². The first kappa shape index (κ1) is 20.3. The first-order valence-corrected chi connectivity index (χ1v) is 10.7. The van der Waals surface area contributed by atoms with Crippen molar-refractivity contribution in [2.24, 2.45) is 0 Å². The molecule has 2 aromatic heterocycles. The van der Waals surface area contributed by atoms with Gasteiger partial charge >= 0.3 is 0 Å². The Hall–Kier alpha value is -2.97. The van der Waals surface area contributed by atoms with Gasteiger partial charge in [0.25, 0.3) is 5.91 Å². The van der Waals surface area contributed by atoms with Crippen LogP contribution in [0, 0.1) is 0 Å². The van der Waals surface area contributed by atoms with Crippen molar-refractivity contribution in [3.8, 4) is 11.5 Å². The van der Waals surface area contributed by atoms with Crippen LogP contribution < -0.4 is 14.4 Å². The number of aromatic nitrogens is 2. The number of carbonyl (C=O) groups is 1. The summed E-state index contributed by atoms with van der Waals surface area (Å²) in [6, 6.07) is 16.6. The van der Waals surface area contributed by atoms with Crippen LogP contribution in [0.4, 0.5) is 5.13 Å². The molecule has 4 rings (SSSR count). The Morgan fingerprint density at radius 1 is 1.10 bits per heavy atom. The molecule has 2 heterocycles. The van der Waals surface area contributed by atoms with Gasteiger partial charge in [-0.25, -0.2) is 4.98 Å². The predicted molar refractivity (Wildman–Crippen MR) is 122 cm³/mol. The number of amides is 1. The molecule has 0 fully saturated rings. The molecule has 8 heteroatoms. The molecule has 0 unspecified atom stereocenters. The highest BCUT2D eigenvalue weighted by Gasteiger charge is 2.25. The van der Waals surface area contributed by atoms with E-state index in [-0.39, 0.29) is 12.5 Å². The summed E-state index contributed by atoms with van der Waals surface area (Å²) in [5.41, 5.74) is 1.98. The molecule has 6 nitrogen and oxygen atoms in total. The van der Waals surface area contributed by atoms with Crippen molar-refractivity contribution in [2.45, 2.75) is 6.54 Å². The Morgan fingerprint density at radius 3 is 2.70 bits per heavy atom. The van der Waals surface area contributed by atoms with Crippen molar-refractivity contribution in [3.63, 3.8) is 0 Å². The van der Waals surface area contributed by atoms with Crippen LogP contribution in [0.15, 0.2) is 65.3 Å². The number of nitrogens with zero attached hydrogens (tertiary/aromatic N) is 3. The molecule has 4 aromatic rings. The minimum absolute atomic E-state index is 0.241. The lowest BCUT2D eigenvalue weighted by Gasteiger charge is -2.21. The van der Waals surface area contributed by atoms with E-state index in [9.17, 15) is 4.79 Å². The number of anilines is 1. The van der Waals surface area contributed by atoms with Crippen molar-refractivity contribution < 1.29 is 14.3 Å². The molecule has 0 radical (unpaired) electrons. The van der Waals surface area contributed by atoms with Crippen molar-refractivity contribution in [3.05, 3.63) is 76.5 Å². The van der Waals surface area contributed by atoms with Gasteiger partial charge < -0.3 is 9.47 Å². The third-order valence-corrected chi connectivity index (χ3v) is 6.03. The van der Waals surface area contributed by atoms with E-state index >= 15 is 0 Å². The van der Waals surface area contributed by atoms with Crippen LogP contribution >= 0.6 is 27.3 Å². The largest absolute Gasteiger partial charge is 0.497 e. The Labute approximate surface area is 186 Å². The Bertz CT molecular complexity index is 1200. The molecule has 0 aliphatic carbocycles. The number of fused-ring (bicyclic) bond motifs is 1. The first-order chi connectivity index (χ1) is 14.6. The highest BCUT2D eigenvalue weighted by Crippen LogP contribution is 2.34. The number of pyridine rings is 1. The highest BCUT2D eigenvalue weighted by atomic mass is 79.9. The van der Waals surface area contributed by atoms with E-state index in [0.717, 1.165) is 20.4 Å². The van der Waals surface area contributed by atoms with Gasteiger partial charge in [0, 0.05) is 10.7 Å². The van der Waals surface area contributed by atoms with E-state index in [1.165, 1.54) is 18.4 Å². The highest BCUT2D eigenvalue weighted by molar-refractivity contribution is 9.10. The fourth-order valence-electron chi connectivity index (χ4n) is 3.01. The summed E-state index contributed by atoms with van der Waals surface area (Å²) in [7, 11) is 3.10. The quantitative estimate of drug-likeness (QED) is 0.371. The summed E-state index contributed by atoms with van der Waals surface area (Å²) < 4.78 is 12.7. The number of methoxy groups -OCH3 is 2. The Balaban J connectivity index is 1.81. The number of thiazole rings is 1. The van der Waals surface area contributed by atoms with Crippen LogP contribution in [-0.2, 0) is 6.54 Å². The van der Waals surface area contributed by atoms with E-state index < -0.39 is 0 Å². The molecule has 0 aliphatic heterocycles. The van der Waals surface area contributed by atoms with Crippen LogP contribution in [0.25, 0.3) is 10.2 Å². The van der Waals surface area contributed by atoms with E-state index in [2.05, 4.69) is 20.9 Å².